The van der Waals surface area contributed by atoms with E-state index in [1.54, 1.807) is 31.4 Å². The van der Waals surface area contributed by atoms with Gasteiger partial charge in [0.25, 0.3) is 5.91 Å². The molecule has 0 radical (unpaired) electrons. The van der Waals surface area contributed by atoms with Crippen molar-refractivity contribution in [2.24, 2.45) is 0 Å². The van der Waals surface area contributed by atoms with Crippen LogP contribution < -0.4 is 15.4 Å². The maximum atomic E-state index is 13.6. The van der Waals surface area contributed by atoms with Crippen molar-refractivity contribution in [3.8, 4) is 28.0 Å². The largest absolute Gasteiger partial charge is 0.497 e. The van der Waals surface area contributed by atoms with Gasteiger partial charge in [-0.1, -0.05) is 72.8 Å². The van der Waals surface area contributed by atoms with Gasteiger partial charge in [-0.25, -0.2) is 0 Å². The molecule has 0 saturated heterocycles. The summed E-state index contributed by atoms with van der Waals surface area (Å²) in [7, 11) is 1.60. The molecule has 0 aliphatic rings. The number of thiophene rings is 1. The summed E-state index contributed by atoms with van der Waals surface area (Å²) < 4.78 is 5.22. The number of anilines is 2. The number of nitrogens with one attached hydrogen (secondary N) is 2. The third-order valence-corrected chi connectivity index (χ3v) is 7.94. The van der Waals surface area contributed by atoms with E-state index in [9.17, 15) is 9.59 Å². The summed E-state index contributed by atoms with van der Waals surface area (Å²) in [5, 5.41) is 8.37. The van der Waals surface area contributed by atoms with Crippen LogP contribution in [0, 0.1) is 0 Å². The molecule has 0 fully saturated rings. The Kier molecular flexibility index (Phi) is 8.41. The number of benzene rings is 4. The first-order chi connectivity index (χ1) is 19.1. The molecule has 5 nitrogen and oxygen atoms in total. The molecule has 5 aromatic rings. The number of hydrogen-bond acceptors (Lipinski definition) is 5. The molecule has 0 atom stereocenters. The maximum Gasteiger partial charge on any atom is 0.259 e. The molecular weight excluding hydrogens is 524 g/mol. The van der Waals surface area contributed by atoms with Crippen LogP contribution in [0.25, 0.3) is 22.3 Å². The van der Waals surface area contributed by atoms with Crippen LogP contribution in [-0.4, -0.2) is 24.7 Å². The molecule has 1 aromatic heterocycles. The minimum Gasteiger partial charge on any atom is -0.497 e. The molecule has 5 rings (SSSR count). The first-order valence-electron chi connectivity index (χ1n) is 12.3. The average Bonchev–Trinajstić information content (AvgIpc) is 3.41. The SMILES string of the molecule is COc1ccc(NC(=O)c2c(-c3ccc(-c4ccccc4)cc3)csc2NC(=O)CSc2ccccc2)cc1. The Hall–Kier alpha value is -4.33. The molecule has 0 saturated carbocycles. The minimum absolute atomic E-state index is 0.171. The number of amides is 2. The highest BCUT2D eigenvalue weighted by atomic mass is 32.2. The van der Waals surface area contributed by atoms with E-state index in [2.05, 4.69) is 22.8 Å². The summed E-state index contributed by atoms with van der Waals surface area (Å²) in [6.07, 6.45) is 0. The van der Waals surface area contributed by atoms with Gasteiger partial charge in [-0.2, -0.15) is 0 Å². The standard InChI is InChI=1S/C32H26N2O3S2/c1-37-26-18-16-25(17-19-26)33-31(36)30-28(24-14-12-23(13-15-24)22-8-4-2-5-9-22)20-39-32(30)34-29(35)21-38-27-10-6-3-7-11-27/h2-20H,21H2,1H3,(H,33,36)(H,34,35). The summed E-state index contributed by atoms with van der Waals surface area (Å²) in [4.78, 5) is 27.5. The number of carbonyl (C=O) groups excluding carboxylic acids is 2. The Bertz CT molecular complexity index is 1550. The third-order valence-electron chi connectivity index (χ3n) is 6.04. The van der Waals surface area contributed by atoms with Crippen molar-refractivity contribution in [1.82, 2.24) is 0 Å². The van der Waals surface area contributed by atoms with Crippen LogP contribution in [0.3, 0.4) is 0 Å². The Labute approximate surface area is 235 Å². The molecule has 4 aromatic carbocycles. The summed E-state index contributed by atoms with van der Waals surface area (Å²) in [6.45, 7) is 0. The van der Waals surface area contributed by atoms with E-state index in [0.717, 1.165) is 27.1 Å². The van der Waals surface area contributed by atoms with Gasteiger partial charge >= 0.3 is 0 Å². The second kappa shape index (κ2) is 12.5. The number of hydrogen-bond donors (Lipinski definition) is 2. The molecular formula is C32H26N2O3S2. The van der Waals surface area contributed by atoms with Gasteiger partial charge in [0.2, 0.25) is 5.91 Å². The molecule has 0 bridgehead atoms. The van der Waals surface area contributed by atoms with Crippen molar-refractivity contribution >= 4 is 45.6 Å². The van der Waals surface area contributed by atoms with Crippen molar-refractivity contribution < 1.29 is 14.3 Å². The lowest BCUT2D eigenvalue weighted by Crippen LogP contribution is -2.18. The lowest BCUT2D eigenvalue weighted by molar-refractivity contribution is -0.113. The second-order valence-electron chi connectivity index (χ2n) is 8.63. The van der Waals surface area contributed by atoms with Gasteiger partial charge in [0.05, 0.1) is 18.4 Å². The van der Waals surface area contributed by atoms with Crippen LogP contribution in [0.2, 0.25) is 0 Å². The van der Waals surface area contributed by atoms with E-state index in [0.29, 0.717) is 22.0 Å². The van der Waals surface area contributed by atoms with Gasteiger partial charge in [-0.3, -0.25) is 9.59 Å². The van der Waals surface area contributed by atoms with Crippen molar-refractivity contribution in [2.45, 2.75) is 4.90 Å². The van der Waals surface area contributed by atoms with Gasteiger partial charge in [0, 0.05) is 21.5 Å². The molecule has 0 aliphatic carbocycles. The highest BCUT2D eigenvalue weighted by molar-refractivity contribution is 8.00. The van der Waals surface area contributed by atoms with Gasteiger partial charge in [0.1, 0.15) is 10.8 Å². The van der Waals surface area contributed by atoms with Crippen LogP contribution >= 0.6 is 23.1 Å². The van der Waals surface area contributed by atoms with Crippen LogP contribution in [0.4, 0.5) is 10.7 Å². The van der Waals surface area contributed by atoms with Gasteiger partial charge in [0.15, 0.2) is 0 Å². The van der Waals surface area contributed by atoms with Crippen LogP contribution in [0.1, 0.15) is 10.4 Å². The first-order valence-corrected chi connectivity index (χ1v) is 14.2. The van der Waals surface area contributed by atoms with Gasteiger partial charge < -0.3 is 15.4 Å². The zero-order valence-electron chi connectivity index (χ0n) is 21.2. The van der Waals surface area contributed by atoms with E-state index in [4.69, 9.17) is 4.74 Å². The van der Waals surface area contributed by atoms with E-state index in [-0.39, 0.29) is 17.6 Å². The fraction of sp³-hybridized carbons (Fsp3) is 0.0625. The zero-order valence-corrected chi connectivity index (χ0v) is 22.9. The fourth-order valence-corrected chi connectivity index (χ4v) is 5.76. The van der Waals surface area contributed by atoms with Crippen molar-refractivity contribution in [1.29, 1.82) is 0 Å². The van der Waals surface area contributed by atoms with Crippen molar-refractivity contribution in [2.75, 3.05) is 23.5 Å². The van der Waals surface area contributed by atoms with Crippen molar-refractivity contribution in [3.63, 3.8) is 0 Å². The monoisotopic (exact) mass is 550 g/mol. The van der Waals surface area contributed by atoms with E-state index in [1.807, 2.05) is 78.2 Å². The second-order valence-corrected chi connectivity index (χ2v) is 10.6. The summed E-state index contributed by atoms with van der Waals surface area (Å²) in [5.41, 5.74) is 4.93. The molecule has 0 spiro atoms. The Morgan fingerprint density at radius 2 is 1.36 bits per heavy atom. The zero-order chi connectivity index (χ0) is 27.0. The minimum atomic E-state index is -0.297. The molecule has 0 aliphatic heterocycles. The molecule has 194 valence electrons. The molecule has 7 heteroatoms. The van der Waals surface area contributed by atoms with E-state index < -0.39 is 0 Å². The smallest absolute Gasteiger partial charge is 0.259 e. The summed E-state index contributed by atoms with van der Waals surface area (Å²) in [5.74, 6) is 0.471. The number of ether oxygens (including phenoxy) is 1. The number of rotatable bonds is 9. The predicted octanol–water partition coefficient (Wildman–Crippen LogP) is 8.07. The molecule has 0 unspecified atom stereocenters. The summed E-state index contributed by atoms with van der Waals surface area (Å²) >= 11 is 2.80. The van der Waals surface area contributed by atoms with E-state index >= 15 is 0 Å². The lowest BCUT2D eigenvalue weighted by Gasteiger charge is -2.11. The maximum absolute atomic E-state index is 13.6. The molecule has 39 heavy (non-hydrogen) atoms. The Morgan fingerprint density at radius 3 is 2.03 bits per heavy atom. The number of thioether (sulfide) groups is 1. The Balaban J connectivity index is 1.41. The number of carbonyl (C=O) groups is 2. The average molecular weight is 551 g/mol. The highest BCUT2D eigenvalue weighted by Gasteiger charge is 2.22. The van der Waals surface area contributed by atoms with Gasteiger partial charge in [-0.05, 0) is 53.1 Å². The third kappa shape index (κ3) is 6.57. The number of methoxy groups -OCH3 is 1. The highest BCUT2D eigenvalue weighted by Crippen LogP contribution is 2.37. The van der Waals surface area contributed by atoms with Crippen LogP contribution in [-0.2, 0) is 4.79 Å². The van der Waals surface area contributed by atoms with Crippen molar-refractivity contribution in [3.05, 3.63) is 120 Å². The predicted molar refractivity (Wildman–Crippen MR) is 162 cm³/mol. The van der Waals surface area contributed by atoms with E-state index in [1.165, 1.54) is 23.1 Å². The van der Waals surface area contributed by atoms with Crippen LogP contribution in [0.5, 0.6) is 5.75 Å². The topological polar surface area (TPSA) is 67.4 Å². The normalized spacial score (nSPS) is 10.6. The first kappa shape index (κ1) is 26.3. The van der Waals surface area contributed by atoms with Gasteiger partial charge in [-0.15, -0.1) is 23.1 Å². The lowest BCUT2D eigenvalue weighted by atomic mass is 9.99. The molecule has 2 N–H and O–H groups in total. The quantitative estimate of drug-likeness (QED) is 0.182. The molecule has 1 heterocycles. The summed E-state index contributed by atoms with van der Waals surface area (Å²) in [6, 6.07) is 35.1. The fourth-order valence-electron chi connectivity index (χ4n) is 4.06. The molecule has 2 amide bonds. The Morgan fingerprint density at radius 1 is 0.744 bits per heavy atom. The van der Waals surface area contributed by atoms with Crippen LogP contribution in [0.15, 0.2) is 119 Å².